The molecule has 31 heteroatoms. The zero-order valence-corrected chi connectivity index (χ0v) is 77.0. The van der Waals surface area contributed by atoms with Crippen molar-refractivity contribution in [3.63, 3.8) is 0 Å². The summed E-state index contributed by atoms with van der Waals surface area (Å²) in [5.41, 5.74) is 5.99. The van der Waals surface area contributed by atoms with Gasteiger partial charge in [-0.3, -0.25) is 33.1 Å². The maximum absolute atomic E-state index is 14.8. The van der Waals surface area contributed by atoms with E-state index in [0.29, 0.717) is 85.7 Å². The number of aliphatic carboxylic acids is 1. The molecular weight excluding hydrogens is 1960 g/mol. The molecule has 0 aliphatic rings. The molecule has 0 saturated carbocycles. The smallest absolute Gasteiger partial charge is 0.300 e. The van der Waals surface area contributed by atoms with Crippen molar-refractivity contribution in [1.82, 2.24) is 39.0 Å². The Labute approximate surface area is 751 Å². The summed E-state index contributed by atoms with van der Waals surface area (Å²) in [5.74, 6) is -2.12. The molecule has 8 aromatic heterocycles. The molecule has 0 atom stereocenters. The zero-order valence-electron chi connectivity index (χ0n) is 65.8. The van der Waals surface area contributed by atoms with Gasteiger partial charge >= 0.3 is 0 Å². The van der Waals surface area contributed by atoms with Crippen LogP contribution >= 0.6 is 121 Å². The highest BCUT2D eigenvalue weighted by atomic mass is 80.9. The third-order valence-corrected chi connectivity index (χ3v) is 23.4. The van der Waals surface area contributed by atoms with Gasteiger partial charge in [0.2, 0.25) is 0 Å². The van der Waals surface area contributed by atoms with Crippen LogP contribution in [0.5, 0.6) is 23.0 Å². The Kier molecular flexibility index (Phi) is 37.3. The van der Waals surface area contributed by atoms with Crippen LogP contribution in [0.1, 0.15) is 65.9 Å². The van der Waals surface area contributed by atoms with Crippen LogP contribution in [0.2, 0.25) is 0 Å². The summed E-state index contributed by atoms with van der Waals surface area (Å²) in [7, 11) is 0. The fourth-order valence-corrected chi connectivity index (χ4v) is 15.9. The number of halogens is 9. The van der Waals surface area contributed by atoms with E-state index < -0.39 is 35.0 Å². The highest BCUT2D eigenvalue weighted by Gasteiger charge is 2.24. The van der Waals surface area contributed by atoms with Crippen molar-refractivity contribution >= 4 is 127 Å². The molecule has 0 saturated heterocycles. The predicted octanol–water partition coefficient (Wildman–Crippen LogP) is 23.6. The summed E-state index contributed by atoms with van der Waals surface area (Å²) in [6, 6.07) is 64.0. The molecule has 0 aliphatic carbocycles. The van der Waals surface area contributed by atoms with Crippen LogP contribution in [0, 0.1) is 57.9 Å². The molecule has 18 nitrogen and oxygen atoms in total. The van der Waals surface area contributed by atoms with E-state index in [4.69, 9.17) is 24.1 Å². The molecule has 0 radical (unpaired) electrons. The summed E-state index contributed by atoms with van der Waals surface area (Å²) in [6.45, 7) is 11.5. The number of aromatic hydroxyl groups is 1. The Morgan fingerprint density at radius 1 is 0.463 bits per heavy atom. The molecule has 15 rings (SSSR count). The number of ether oxygens (including phenoxy) is 3. The molecule has 0 fully saturated rings. The summed E-state index contributed by atoms with van der Waals surface area (Å²) in [4.78, 5) is 88.0. The fraction of sp³-hybridized carbons (Fsp3) is 0.167. The van der Waals surface area contributed by atoms with E-state index >= 15 is 0 Å². The number of aromatic amines is 2. The number of phenols is 1. The van der Waals surface area contributed by atoms with E-state index in [-0.39, 0.29) is 82.3 Å². The van der Waals surface area contributed by atoms with Crippen molar-refractivity contribution < 1.29 is 46.8 Å². The van der Waals surface area contributed by atoms with E-state index in [2.05, 4.69) is 123 Å². The number of thiophene rings is 4. The number of aryl methyl sites for hydroxylation is 8. The number of rotatable bonds is 22. The first-order valence-electron chi connectivity index (χ1n) is 37.0. The lowest BCUT2D eigenvalue weighted by atomic mass is 10.1. The fourth-order valence-electron chi connectivity index (χ4n) is 11.7. The highest BCUT2D eigenvalue weighted by Crippen LogP contribution is 2.37. The Hall–Kier alpha value is -10.4. The summed E-state index contributed by atoms with van der Waals surface area (Å²) in [6.07, 6.45) is 2.49. The first-order chi connectivity index (χ1) is 58.3. The number of nitrogens with one attached hydrogen (secondary N) is 2. The number of para-hydroxylation sites is 4. The minimum Gasteiger partial charge on any atom is -0.504 e. The number of aromatic nitrogens is 8. The highest BCUT2D eigenvalue weighted by molar-refractivity contribution is 9.93. The molecule has 7 aromatic carbocycles. The van der Waals surface area contributed by atoms with Gasteiger partial charge in [-0.1, -0.05) is 149 Å². The van der Waals surface area contributed by atoms with Crippen LogP contribution in [0.25, 0.3) is 56.0 Å². The SMILES string of the molecule is BrBr.BrCCc1cccs1.CC(=O)O.Cc1cc(=O)[nH]c(-c2cccc(F)c2OCc2ccccc2)n1.Cc1ccc(-c2c(C)nc(-c3cccc(F)c3O)n(CCc3cccs3)c2=O)s1.Cc1nc(-c2cccc(F)c2OCc2ccccc2)[nH]c(=O)c1Br.Cc1nc(-c2cccc(F)c2OCc2ccccc2)n(CCc2cccs2)c(=O)c1Br. The third kappa shape index (κ3) is 27.3. The number of carbonyl (C=O) groups is 1. The van der Waals surface area contributed by atoms with Gasteiger partial charge in [0, 0.05) is 89.7 Å². The Morgan fingerprint density at radius 2 is 0.868 bits per heavy atom. The van der Waals surface area contributed by atoms with Gasteiger partial charge in [0.05, 0.1) is 44.9 Å². The Balaban J connectivity index is 0.000000175. The van der Waals surface area contributed by atoms with Crippen LogP contribution in [-0.2, 0) is 57.0 Å². The first-order valence-corrected chi connectivity index (χ1v) is 46.8. The van der Waals surface area contributed by atoms with Crippen LogP contribution in [-0.4, -0.2) is 60.6 Å². The van der Waals surface area contributed by atoms with Gasteiger partial charge < -0.3 is 34.4 Å². The molecule has 15 aromatic rings. The first kappa shape index (κ1) is 94.5. The van der Waals surface area contributed by atoms with Gasteiger partial charge in [-0.15, -0.1) is 45.3 Å². The maximum atomic E-state index is 14.8. The van der Waals surface area contributed by atoms with Crippen molar-refractivity contribution in [2.75, 3.05) is 5.33 Å². The van der Waals surface area contributed by atoms with E-state index in [0.717, 1.165) is 54.9 Å². The predicted molar refractivity (Wildman–Crippen MR) is 494 cm³/mol. The quantitative estimate of drug-likeness (QED) is 0.0364. The number of alkyl halides is 1. The number of hydrogen-bond acceptors (Lipinski definition) is 17. The maximum Gasteiger partial charge on any atom is 0.300 e. The van der Waals surface area contributed by atoms with E-state index in [1.54, 1.807) is 113 Å². The van der Waals surface area contributed by atoms with Crippen molar-refractivity contribution in [2.45, 2.75) is 93.7 Å². The largest absolute Gasteiger partial charge is 0.504 e. The average molecular weight is 2040 g/mol. The average Bonchev–Trinajstić information content (AvgIpc) is 1.74. The van der Waals surface area contributed by atoms with E-state index in [1.165, 1.54) is 41.3 Å². The van der Waals surface area contributed by atoms with Crippen LogP contribution in [0.3, 0.4) is 0 Å². The topological polar surface area (TPSA) is 246 Å². The van der Waals surface area contributed by atoms with Crippen molar-refractivity contribution in [3.05, 3.63) is 367 Å². The molecule has 0 aliphatic heterocycles. The molecule has 626 valence electrons. The van der Waals surface area contributed by atoms with Gasteiger partial charge in [0.25, 0.3) is 28.2 Å². The molecule has 0 unspecified atom stereocenters. The second kappa shape index (κ2) is 47.7. The second-order valence-corrected chi connectivity index (χ2v) is 32.9. The standard InChI is InChI=1S/C24H20BrFN2O2S.C22H19FN2O2S2.C18H14BrFN2O2.C18H15FN2O2.C6H7BrS.C2H4O2.Br2/c1-16-21(25)24(29)28(13-12-18-9-6-14-31-18)23(27-16)19-10-5-11-20(26)22(19)30-15-17-7-3-2-4-8-17;1-13-8-9-18(29-13)19-14(2)24-21(16-6-3-7-17(23)20(16)26)25(22(19)27)11-10-15-5-4-12-28-15;1-11-15(19)18(23)22-17(21-11)13-8-5-9-14(20)16(13)24-10-12-6-3-2-4-7-12;1-12-10-16(22)21-18(20-12)14-8-5-9-15(19)17(14)23-11-13-6-3-2-4-7-13;7-4-3-6-2-1-5-8-6;1-2(3)4;1-2/h2-11,14H,12-13,15H2,1H3;3-9,12,26H,10-11H2,1-2H3;2-9H,10H2,1H3,(H,21,22,23);2-10H,11H2,1H3,(H,20,21,22);1-2,5H,3-4H2;1H3,(H,3,4);. The van der Waals surface area contributed by atoms with Gasteiger partial charge in [0.1, 0.15) is 52.1 Å². The monoisotopic (exact) mass is 2030 g/mol. The van der Waals surface area contributed by atoms with Crippen LogP contribution in [0.15, 0.2) is 263 Å². The molecular formula is C90H79Br5F4N8O10S4. The van der Waals surface area contributed by atoms with Crippen molar-refractivity contribution in [3.8, 4) is 79.0 Å². The van der Waals surface area contributed by atoms with E-state index in [1.807, 2.05) is 156 Å². The minimum atomic E-state index is -0.833. The van der Waals surface area contributed by atoms with Gasteiger partial charge in [-0.05, 0) is 197 Å². The van der Waals surface area contributed by atoms with E-state index in [9.17, 15) is 41.8 Å². The number of H-pyrrole nitrogens is 2. The lowest BCUT2D eigenvalue weighted by molar-refractivity contribution is -0.134. The number of carboxylic acids is 1. The zero-order chi connectivity index (χ0) is 87.1. The lowest BCUT2D eigenvalue weighted by Crippen LogP contribution is -2.26. The van der Waals surface area contributed by atoms with Gasteiger partial charge in [0.15, 0.2) is 46.3 Å². The normalized spacial score (nSPS) is 10.5. The van der Waals surface area contributed by atoms with Crippen LogP contribution < -0.4 is 36.4 Å². The third-order valence-electron chi connectivity index (χ3n) is 17.3. The molecule has 0 bridgehead atoms. The number of hydrogen-bond donors (Lipinski definition) is 4. The number of nitrogens with zero attached hydrogens (tertiary/aromatic N) is 6. The summed E-state index contributed by atoms with van der Waals surface area (Å²) >= 11 is 22.0. The number of benzene rings is 7. The Morgan fingerprint density at radius 3 is 1.30 bits per heavy atom. The number of carboxylic acid groups (broad SMARTS) is 1. The minimum absolute atomic E-state index is 0.0613. The second-order valence-electron chi connectivity index (χ2n) is 26.1. The molecule has 0 spiro atoms. The van der Waals surface area contributed by atoms with Gasteiger partial charge in [-0.2, -0.15) is 0 Å². The lowest BCUT2D eigenvalue weighted by Gasteiger charge is -2.17. The summed E-state index contributed by atoms with van der Waals surface area (Å²) in [5, 5.41) is 24.9. The van der Waals surface area contributed by atoms with Crippen LogP contribution in [0.4, 0.5) is 17.6 Å². The van der Waals surface area contributed by atoms with Crippen molar-refractivity contribution in [1.29, 1.82) is 0 Å². The Bertz CT molecular complexity index is 6130. The van der Waals surface area contributed by atoms with Crippen molar-refractivity contribution in [2.24, 2.45) is 0 Å². The number of phenolic OH excluding ortho intramolecular Hbond substituents is 1. The molecule has 8 heterocycles. The summed E-state index contributed by atoms with van der Waals surface area (Å²) < 4.78 is 78.4. The molecule has 0 amide bonds. The van der Waals surface area contributed by atoms with Gasteiger partial charge in [-0.25, -0.2) is 37.5 Å². The molecule has 4 N–H and O–H groups in total. The molecule has 121 heavy (non-hydrogen) atoms.